The van der Waals surface area contributed by atoms with E-state index < -0.39 is 0 Å². The molecule has 0 radical (unpaired) electrons. The van der Waals surface area contributed by atoms with Gasteiger partial charge in [0.1, 0.15) is 17.7 Å². The molecule has 2 aromatic rings. The van der Waals surface area contributed by atoms with E-state index in [0.717, 1.165) is 23.3 Å². The van der Waals surface area contributed by atoms with Crippen LogP contribution in [-0.2, 0) is 0 Å². The van der Waals surface area contributed by atoms with Gasteiger partial charge in [0.25, 0.3) is 0 Å². The largest absolute Gasteiger partial charge is 0.446 e. The fourth-order valence-corrected chi connectivity index (χ4v) is 1.56. The number of carbonyl (C=O) groups is 1. The topological polar surface area (TPSA) is 43.1 Å². The van der Waals surface area contributed by atoms with E-state index in [1.54, 1.807) is 19.1 Å². The van der Waals surface area contributed by atoms with Gasteiger partial charge in [-0.1, -0.05) is 18.2 Å². The number of rotatable bonds is 2. The summed E-state index contributed by atoms with van der Waals surface area (Å²) in [6.07, 6.45) is 0.825. The van der Waals surface area contributed by atoms with Crippen LogP contribution < -0.4 is 0 Å². The standard InChI is InChI=1S/C12H11NO2/c1-8-12(13-9(2)15-8)11-5-3-4-10(6-11)7-14/h3-7H,1-2H3. The van der Waals surface area contributed by atoms with E-state index in [2.05, 4.69) is 4.98 Å². The highest BCUT2D eigenvalue weighted by atomic mass is 16.4. The van der Waals surface area contributed by atoms with Crippen LogP contribution >= 0.6 is 0 Å². The summed E-state index contributed by atoms with van der Waals surface area (Å²) in [4.78, 5) is 14.9. The average Bonchev–Trinajstić information content (AvgIpc) is 2.58. The van der Waals surface area contributed by atoms with Crippen molar-refractivity contribution in [3.8, 4) is 11.3 Å². The molecule has 2 rings (SSSR count). The van der Waals surface area contributed by atoms with Gasteiger partial charge < -0.3 is 4.42 Å². The van der Waals surface area contributed by atoms with Gasteiger partial charge in [-0.25, -0.2) is 4.98 Å². The second-order valence-electron chi connectivity index (χ2n) is 3.38. The molecule has 1 aromatic heterocycles. The molecule has 3 nitrogen and oxygen atoms in total. The van der Waals surface area contributed by atoms with Gasteiger partial charge in [-0.05, 0) is 13.0 Å². The zero-order valence-corrected chi connectivity index (χ0v) is 8.65. The predicted molar refractivity (Wildman–Crippen MR) is 56.8 cm³/mol. The third kappa shape index (κ3) is 1.81. The molecule has 0 aliphatic rings. The molecule has 0 fully saturated rings. The van der Waals surface area contributed by atoms with E-state index in [4.69, 9.17) is 4.42 Å². The molecule has 0 saturated heterocycles. The molecule has 1 aromatic carbocycles. The highest BCUT2D eigenvalue weighted by molar-refractivity contribution is 5.78. The maximum atomic E-state index is 10.6. The van der Waals surface area contributed by atoms with Gasteiger partial charge in [-0.3, -0.25) is 4.79 Å². The van der Waals surface area contributed by atoms with E-state index >= 15 is 0 Å². The third-order valence-corrected chi connectivity index (χ3v) is 2.20. The Morgan fingerprint density at radius 3 is 2.73 bits per heavy atom. The average molecular weight is 201 g/mol. The first-order valence-corrected chi connectivity index (χ1v) is 4.70. The molecule has 0 bridgehead atoms. The van der Waals surface area contributed by atoms with Crippen molar-refractivity contribution in [3.05, 3.63) is 41.5 Å². The van der Waals surface area contributed by atoms with Crippen molar-refractivity contribution in [1.29, 1.82) is 0 Å². The molecule has 0 saturated carbocycles. The van der Waals surface area contributed by atoms with E-state index in [1.165, 1.54) is 0 Å². The molecule has 0 atom stereocenters. The lowest BCUT2D eigenvalue weighted by atomic mass is 10.1. The fraction of sp³-hybridized carbons (Fsp3) is 0.167. The highest BCUT2D eigenvalue weighted by Gasteiger charge is 2.08. The van der Waals surface area contributed by atoms with Crippen LogP contribution in [0.5, 0.6) is 0 Å². The Bertz CT molecular complexity index is 500. The Kier molecular flexibility index (Phi) is 2.37. The molecule has 0 N–H and O–H groups in total. The van der Waals surface area contributed by atoms with E-state index in [0.29, 0.717) is 11.5 Å². The first-order valence-electron chi connectivity index (χ1n) is 4.70. The summed E-state index contributed by atoms with van der Waals surface area (Å²) in [5.74, 6) is 1.41. The van der Waals surface area contributed by atoms with E-state index in [9.17, 15) is 4.79 Å². The van der Waals surface area contributed by atoms with E-state index in [1.807, 2.05) is 19.1 Å². The van der Waals surface area contributed by atoms with Crippen LogP contribution in [0.4, 0.5) is 0 Å². The molecule has 1 heterocycles. The van der Waals surface area contributed by atoms with Crippen molar-refractivity contribution in [2.75, 3.05) is 0 Å². The summed E-state index contributed by atoms with van der Waals surface area (Å²) < 4.78 is 5.34. The minimum absolute atomic E-state index is 0.638. The maximum absolute atomic E-state index is 10.6. The summed E-state index contributed by atoms with van der Waals surface area (Å²) in [5.41, 5.74) is 2.36. The number of aryl methyl sites for hydroxylation is 2. The summed E-state index contributed by atoms with van der Waals surface area (Å²) in [5, 5.41) is 0. The van der Waals surface area contributed by atoms with Gasteiger partial charge in [0.05, 0.1) is 0 Å². The predicted octanol–water partition coefficient (Wildman–Crippen LogP) is 2.77. The van der Waals surface area contributed by atoms with Crippen LogP contribution in [0.15, 0.2) is 28.7 Å². The van der Waals surface area contributed by atoms with Gasteiger partial charge >= 0.3 is 0 Å². The number of hydrogen-bond acceptors (Lipinski definition) is 3. The van der Waals surface area contributed by atoms with Crippen molar-refractivity contribution in [1.82, 2.24) is 4.98 Å². The van der Waals surface area contributed by atoms with Crippen LogP contribution in [0.25, 0.3) is 11.3 Å². The lowest BCUT2D eigenvalue weighted by molar-refractivity contribution is 0.112. The van der Waals surface area contributed by atoms with Crippen molar-refractivity contribution in [2.24, 2.45) is 0 Å². The fourth-order valence-electron chi connectivity index (χ4n) is 1.56. The van der Waals surface area contributed by atoms with Gasteiger partial charge in [-0.2, -0.15) is 0 Å². The van der Waals surface area contributed by atoms with Crippen molar-refractivity contribution < 1.29 is 9.21 Å². The van der Waals surface area contributed by atoms with Crippen LogP contribution in [0.3, 0.4) is 0 Å². The Morgan fingerprint density at radius 1 is 1.33 bits per heavy atom. The molecule has 0 unspecified atom stereocenters. The van der Waals surface area contributed by atoms with Crippen molar-refractivity contribution >= 4 is 6.29 Å². The second kappa shape index (κ2) is 3.69. The van der Waals surface area contributed by atoms with Crippen molar-refractivity contribution in [3.63, 3.8) is 0 Å². The number of nitrogens with zero attached hydrogens (tertiary/aromatic N) is 1. The minimum Gasteiger partial charge on any atom is -0.446 e. The van der Waals surface area contributed by atoms with Crippen LogP contribution in [0.1, 0.15) is 22.0 Å². The smallest absolute Gasteiger partial charge is 0.191 e. The number of benzene rings is 1. The zero-order valence-electron chi connectivity index (χ0n) is 8.65. The lowest BCUT2D eigenvalue weighted by Crippen LogP contribution is -1.84. The molecular formula is C12H11NO2. The number of hydrogen-bond donors (Lipinski definition) is 0. The molecule has 0 spiro atoms. The normalized spacial score (nSPS) is 10.3. The number of oxazole rings is 1. The molecular weight excluding hydrogens is 190 g/mol. The van der Waals surface area contributed by atoms with Gasteiger partial charge in [0, 0.05) is 18.1 Å². The lowest BCUT2D eigenvalue weighted by Gasteiger charge is -1.97. The first-order chi connectivity index (χ1) is 7.20. The Labute approximate surface area is 87.8 Å². The highest BCUT2D eigenvalue weighted by Crippen LogP contribution is 2.23. The summed E-state index contributed by atoms with van der Waals surface area (Å²) >= 11 is 0. The monoisotopic (exact) mass is 201 g/mol. The zero-order chi connectivity index (χ0) is 10.8. The molecule has 3 heteroatoms. The maximum Gasteiger partial charge on any atom is 0.191 e. The Hall–Kier alpha value is -1.90. The van der Waals surface area contributed by atoms with Crippen LogP contribution in [0, 0.1) is 13.8 Å². The van der Waals surface area contributed by atoms with Gasteiger partial charge in [0.15, 0.2) is 5.89 Å². The summed E-state index contributed by atoms with van der Waals surface area (Å²) in [6.45, 7) is 3.67. The Balaban J connectivity index is 2.53. The van der Waals surface area contributed by atoms with E-state index in [-0.39, 0.29) is 0 Å². The number of carbonyl (C=O) groups excluding carboxylic acids is 1. The SMILES string of the molecule is Cc1nc(-c2cccc(C=O)c2)c(C)o1. The van der Waals surface area contributed by atoms with Gasteiger partial charge in [-0.15, -0.1) is 0 Å². The van der Waals surface area contributed by atoms with Gasteiger partial charge in [0.2, 0.25) is 0 Å². The minimum atomic E-state index is 0.638. The molecule has 0 amide bonds. The second-order valence-corrected chi connectivity index (χ2v) is 3.38. The molecule has 76 valence electrons. The Morgan fingerprint density at radius 2 is 2.13 bits per heavy atom. The molecule has 0 aliphatic carbocycles. The number of aromatic nitrogens is 1. The number of aldehydes is 1. The molecule has 0 aliphatic heterocycles. The third-order valence-electron chi connectivity index (χ3n) is 2.20. The first kappa shape index (κ1) is 9.65. The molecule has 15 heavy (non-hydrogen) atoms. The summed E-state index contributed by atoms with van der Waals surface area (Å²) in [6, 6.07) is 7.32. The summed E-state index contributed by atoms with van der Waals surface area (Å²) in [7, 11) is 0. The van der Waals surface area contributed by atoms with Crippen LogP contribution in [-0.4, -0.2) is 11.3 Å². The van der Waals surface area contributed by atoms with Crippen LogP contribution in [0.2, 0.25) is 0 Å². The van der Waals surface area contributed by atoms with Crippen molar-refractivity contribution in [2.45, 2.75) is 13.8 Å². The quantitative estimate of drug-likeness (QED) is 0.701.